The Kier molecular flexibility index (Phi) is 6.03. The van der Waals surface area contributed by atoms with Gasteiger partial charge in [-0.2, -0.15) is 0 Å². The Hall–Kier alpha value is -2.96. The Balaban J connectivity index is 1.31. The number of esters is 2. The predicted molar refractivity (Wildman–Crippen MR) is 110 cm³/mol. The summed E-state index contributed by atoms with van der Waals surface area (Å²) in [5.41, 5.74) is 3.35. The molecule has 0 amide bonds. The normalized spacial score (nSPS) is 16.3. The molecule has 2 aromatic rings. The lowest BCUT2D eigenvalue weighted by atomic mass is 10.2. The van der Waals surface area contributed by atoms with Crippen LogP contribution in [0, 0.1) is 0 Å². The molecule has 2 aromatic heterocycles. The second-order valence-corrected chi connectivity index (χ2v) is 7.60. The number of hydrogen-bond acceptors (Lipinski definition) is 7. The zero-order valence-corrected chi connectivity index (χ0v) is 16.5. The molecule has 0 aromatic carbocycles. The molecule has 0 spiro atoms. The fourth-order valence-electron chi connectivity index (χ4n) is 3.96. The summed E-state index contributed by atoms with van der Waals surface area (Å²) < 4.78 is 5.00. The van der Waals surface area contributed by atoms with Gasteiger partial charge in [0.1, 0.15) is 0 Å². The standard InChI is InChI=1S/C22H26N4O3/c27-21(15-17-13-19(5-7-23-17)25-9-1-2-10-25)29-22(28)16-18-14-20(6-8-24-18)26-11-3-4-12-26/h5-8,13-14H,1-4,9-12,15-16H2. The number of aromatic nitrogens is 2. The van der Waals surface area contributed by atoms with Crippen LogP contribution in [0.5, 0.6) is 0 Å². The van der Waals surface area contributed by atoms with E-state index in [4.69, 9.17) is 4.74 Å². The van der Waals surface area contributed by atoms with Gasteiger partial charge in [-0.25, -0.2) is 0 Å². The van der Waals surface area contributed by atoms with E-state index in [1.54, 1.807) is 12.4 Å². The molecule has 2 saturated heterocycles. The smallest absolute Gasteiger partial charge is 0.319 e. The van der Waals surface area contributed by atoms with Crippen LogP contribution in [0.4, 0.5) is 11.4 Å². The van der Waals surface area contributed by atoms with Crippen LogP contribution in [-0.4, -0.2) is 48.1 Å². The van der Waals surface area contributed by atoms with Gasteiger partial charge in [-0.1, -0.05) is 0 Å². The molecule has 7 heteroatoms. The highest BCUT2D eigenvalue weighted by molar-refractivity contribution is 5.87. The van der Waals surface area contributed by atoms with Gasteiger partial charge in [-0.15, -0.1) is 0 Å². The number of rotatable bonds is 6. The van der Waals surface area contributed by atoms with E-state index in [1.165, 1.54) is 25.7 Å². The van der Waals surface area contributed by atoms with E-state index in [1.807, 2.05) is 24.3 Å². The highest BCUT2D eigenvalue weighted by Crippen LogP contribution is 2.21. The van der Waals surface area contributed by atoms with E-state index in [2.05, 4.69) is 19.8 Å². The summed E-state index contributed by atoms with van der Waals surface area (Å²) in [4.78, 5) is 37.4. The fourth-order valence-corrected chi connectivity index (χ4v) is 3.96. The summed E-state index contributed by atoms with van der Waals surface area (Å²) in [7, 11) is 0. The minimum Gasteiger partial charge on any atom is -0.393 e. The molecule has 0 radical (unpaired) electrons. The van der Waals surface area contributed by atoms with Gasteiger partial charge in [-0.05, 0) is 49.9 Å². The Morgan fingerprint density at radius 3 is 1.59 bits per heavy atom. The van der Waals surface area contributed by atoms with Gasteiger partial charge in [0, 0.05) is 49.9 Å². The van der Waals surface area contributed by atoms with Crippen LogP contribution in [0.15, 0.2) is 36.7 Å². The van der Waals surface area contributed by atoms with E-state index in [0.717, 1.165) is 37.6 Å². The van der Waals surface area contributed by atoms with Crippen molar-refractivity contribution in [2.45, 2.75) is 38.5 Å². The van der Waals surface area contributed by atoms with Crippen LogP contribution in [-0.2, 0) is 27.2 Å². The second-order valence-electron chi connectivity index (χ2n) is 7.60. The van der Waals surface area contributed by atoms with Crippen molar-refractivity contribution >= 4 is 23.3 Å². The van der Waals surface area contributed by atoms with Crippen molar-refractivity contribution in [2.24, 2.45) is 0 Å². The van der Waals surface area contributed by atoms with E-state index in [0.29, 0.717) is 11.4 Å². The first-order valence-electron chi connectivity index (χ1n) is 10.3. The summed E-state index contributed by atoms with van der Waals surface area (Å²) in [6.45, 7) is 4.09. The zero-order valence-electron chi connectivity index (χ0n) is 16.5. The third kappa shape index (κ3) is 5.10. The molecule has 0 atom stereocenters. The van der Waals surface area contributed by atoms with E-state index >= 15 is 0 Å². The van der Waals surface area contributed by atoms with Crippen LogP contribution < -0.4 is 9.80 Å². The Bertz CT molecular complexity index is 802. The molecule has 0 unspecified atom stereocenters. The summed E-state index contributed by atoms with van der Waals surface area (Å²) in [5, 5.41) is 0. The van der Waals surface area contributed by atoms with Crippen molar-refractivity contribution in [3.05, 3.63) is 48.0 Å². The molecule has 0 bridgehead atoms. The Morgan fingerprint density at radius 2 is 1.17 bits per heavy atom. The van der Waals surface area contributed by atoms with Gasteiger partial charge in [-0.3, -0.25) is 19.6 Å². The number of hydrogen-bond donors (Lipinski definition) is 0. The molecule has 2 fully saturated rings. The third-order valence-electron chi connectivity index (χ3n) is 5.42. The van der Waals surface area contributed by atoms with Crippen molar-refractivity contribution in [3.8, 4) is 0 Å². The maximum absolute atomic E-state index is 12.2. The largest absolute Gasteiger partial charge is 0.393 e. The first-order chi connectivity index (χ1) is 14.2. The molecule has 4 rings (SSSR count). The van der Waals surface area contributed by atoms with Crippen molar-refractivity contribution < 1.29 is 14.3 Å². The van der Waals surface area contributed by atoms with Gasteiger partial charge in [0.2, 0.25) is 0 Å². The topological polar surface area (TPSA) is 75.6 Å². The predicted octanol–water partition coefficient (Wildman–Crippen LogP) is 2.53. The average molecular weight is 394 g/mol. The summed E-state index contributed by atoms with van der Waals surface area (Å²) in [6, 6.07) is 7.70. The highest BCUT2D eigenvalue weighted by Gasteiger charge is 2.17. The number of nitrogens with zero attached hydrogens (tertiary/aromatic N) is 4. The van der Waals surface area contributed by atoms with E-state index in [9.17, 15) is 9.59 Å². The molecular formula is C22H26N4O3. The minimum absolute atomic E-state index is 0.0192. The molecule has 7 nitrogen and oxygen atoms in total. The van der Waals surface area contributed by atoms with E-state index < -0.39 is 11.9 Å². The molecule has 152 valence electrons. The zero-order chi connectivity index (χ0) is 20.1. The number of anilines is 2. The highest BCUT2D eigenvalue weighted by atomic mass is 16.6. The number of pyridine rings is 2. The average Bonchev–Trinajstić information content (AvgIpc) is 3.42. The third-order valence-corrected chi connectivity index (χ3v) is 5.42. The van der Waals surface area contributed by atoms with Crippen molar-refractivity contribution in [2.75, 3.05) is 36.0 Å². The Labute approximate surface area is 170 Å². The van der Waals surface area contributed by atoms with Gasteiger partial charge >= 0.3 is 11.9 Å². The molecule has 0 saturated carbocycles. The van der Waals surface area contributed by atoms with Crippen LogP contribution in [0.1, 0.15) is 37.1 Å². The molecular weight excluding hydrogens is 368 g/mol. The van der Waals surface area contributed by atoms with Crippen LogP contribution >= 0.6 is 0 Å². The first-order valence-corrected chi connectivity index (χ1v) is 10.3. The van der Waals surface area contributed by atoms with Crippen LogP contribution in [0.3, 0.4) is 0 Å². The minimum atomic E-state index is -0.586. The van der Waals surface area contributed by atoms with Gasteiger partial charge in [0.05, 0.1) is 24.2 Å². The number of carbonyl (C=O) groups excluding carboxylic acids is 2. The number of carbonyl (C=O) groups is 2. The van der Waals surface area contributed by atoms with E-state index in [-0.39, 0.29) is 12.8 Å². The quantitative estimate of drug-likeness (QED) is 0.550. The van der Waals surface area contributed by atoms with Crippen LogP contribution in [0.2, 0.25) is 0 Å². The van der Waals surface area contributed by atoms with Crippen LogP contribution in [0.25, 0.3) is 0 Å². The van der Waals surface area contributed by atoms with Gasteiger partial charge in [0.25, 0.3) is 0 Å². The summed E-state index contributed by atoms with van der Waals surface area (Å²) >= 11 is 0. The molecule has 0 N–H and O–H groups in total. The monoisotopic (exact) mass is 394 g/mol. The second kappa shape index (κ2) is 9.03. The van der Waals surface area contributed by atoms with Crippen molar-refractivity contribution in [1.29, 1.82) is 0 Å². The summed E-state index contributed by atoms with van der Waals surface area (Å²) in [6.07, 6.45) is 8.09. The fraction of sp³-hybridized carbons (Fsp3) is 0.455. The lowest BCUT2D eigenvalue weighted by molar-refractivity contribution is -0.158. The molecule has 0 aliphatic carbocycles. The molecule has 2 aliphatic heterocycles. The summed E-state index contributed by atoms with van der Waals surface area (Å²) in [5.74, 6) is -1.17. The Morgan fingerprint density at radius 1 is 0.759 bits per heavy atom. The lowest BCUT2D eigenvalue weighted by Gasteiger charge is -2.18. The molecule has 29 heavy (non-hydrogen) atoms. The van der Waals surface area contributed by atoms with Crippen molar-refractivity contribution in [1.82, 2.24) is 9.97 Å². The SMILES string of the molecule is O=C(Cc1cc(N2CCCC2)ccn1)OC(=O)Cc1cc(N2CCCC2)ccn1. The maximum atomic E-state index is 12.2. The van der Waals surface area contributed by atoms with Crippen molar-refractivity contribution in [3.63, 3.8) is 0 Å². The molecule has 4 heterocycles. The maximum Gasteiger partial charge on any atom is 0.319 e. The first kappa shape index (κ1) is 19.4. The van der Waals surface area contributed by atoms with Gasteiger partial charge in [0.15, 0.2) is 0 Å². The van der Waals surface area contributed by atoms with Gasteiger partial charge < -0.3 is 14.5 Å². The number of ether oxygens (including phenoxy) is 1. The lowest BCUT2D eigenvalue weighted by Crippen LogP contribution is -2.20. The molecule has 2 aliphatic rings.